The standard InChI is InChI=1S/C15H18N6OS/c1-9(12-8-21-5-6-23-15(21)17-12)16-14(22)13-10-7-20(2)4-3-11(10)18-19-13/h5-6,8-9H,3-4,7H2,1-2H3,(H,16,22)(H,18,19). The fraction of sp³-hybridized carbons (Fsp3) is 0.400. The first-order chi connectivity index (χ1) is 11.1. The molecule has 0 spiro atoms. The largest absolute Gasteiger partial charge is 0.342 e. The molecule has 1 aliphatic heterocycles. The Labute approximate surface area is 137 Å². The molecule has 4 heterocycles. The molecule has 2 N–H and O–H groups in total. The summed E-state index contributed by atoms with van der Waals surface area (Å²) in [5, 5.41) is 12.2. The minimum absolute atomic E-state index is 0.151. The maximum Gasteiger partial charge on any atom is 0.272 e. The molecule has 4 rings (SSSR count). The van der Waals surface area contributed by atoms with Gasteiger partial charge < -0.3 is 10.2 Å². The van der Waals surface area contributed by atoms with E-state index in [2.05, 4.69) is 32.4 Å². The van der Waals surface area contributed by atoms with E-state index in [-0.39, 0.29) is 11.9 Å². The zero-order valence-electron chi connectivity index (χ0n) is 13.0. The fourth-order valence-electron chi connectivity index (χ4n) is 2.91. The average Bonchev–Trinajstić information content (AvgIpc) is 3.20. The molecule has 3 aromatic heterocycles. The topological polar surface area (TPSA) is 78.3 Å². The van der Waals surface area contributed by atoms with Gasteiger partial charge in [-0.05, 0) is 14.0 Å². The molecule has 8 heteroatoms. The van der Waals surface area contributed by atoms with Gasteiger partial charge in [-0.3, -0.25) is 14.3 Å². The molecule has 1 atom stereocenters. The molecule has 0 saturated carbocycles. The van der Waals surface area contributed by atoms with E-state index in [1.807, 2.05) is 29.1 Å². The lowest BCUT2D eigenvalue weighted by molar-refractivity contribution is 0.0932. The van der Waals surface area contributed by atoms with Gasteiger partial charge in [-0.25, -0.2) is 4.98 Å². The summed E-state index contributed by atoms with van der Waals surface area (Å²) >= 11 is 1.58. The Morgan fingerprint density at radius 1 is 1.52 bits per heavy atom. The number of H-pyrrole nitrogens is 1. The van der Waals surface area contributed by atoms with E-state index < -0.39 is 0 Å². The van der Waals surface area contributed by atoms with Crippen molar-refractivity contribution in [3.8, 4) is 0 Å². The van der Waals surface area contributed by atoms with Gasteiger partial charge in [-0.1, -0.05) is 0 Å². The van der Waals surface area contributed by atoms with E-state index in [9.17, 15) is 4.79 Å². The number of fused-ring (bicyclic) bond motifs is 2. The molecule has 0 bridgehead atoms. The SMILES string of the molecule is CC(NC(=O)c1n[nH]c2c1CN(C)CC2)c1cn2ccsc2n1. The number of aromatic nitrogens is 4. The molecule has 120 valence electrons. The van der Waals surface area contributed by atoms with E-state index in [0.717, 1.165) is 41.4 Å². The Kier molecular flexibility index (Phi) is 3.42. The summed E-state index contributed by atoms with van der Waals surface area (Å²) in [6.45, 7) is 3.68. The molecule has 0 radical (unpaired) electrons. The van der Waals surface area contributed by atoms with Crippen LogP contribution in [0.4, 0.5) is 0 Å². The van der Waals surface area contributed by atoms with Crippen molar-refractivity contribution in [2.75, 3.05) is 13.6 Å². The van der Waals surface area contributed by atoms with E-state index in [1.165, 1.54) is 0 Å². The Bertz CT molecular complexity index is 834. The molecule has 1 unspecified atom stereocenters. The van der Waals surface area contributed by atoms with Crippen LogP contribution >= 0.6 is 11.3 Å². The van der Waals surface area contributed by atoms with Crippen LogP contribution in [-0.2, 0) is 13.0 Å². The van der Waals surface area contributed by atoms with Crippen LogP contribution < -0.4 is 5.32 Å². The van der Waals surface area contributed by atoms with Crippen molar-refractivity contribution in [2.45, 2.75) is 25.9 Å². The fourth-order valence-corrected chi connectivity index (χ4v) is 3.62. The third kappa shape index (κ3) is 2.53. The quantitative estimate of drug-likeness (QED) is 0.764. The number of rotatable bonds is 3. The summed E-state index contributed by atoms with van der Waals surface area (Å²) in [5.41, 5.74) is 3.43. The molecule has 0 saturated heterocycles. The molecule has 23 heavy (non-hydrogen) atoms. The molecule has 1 aliphatic rings. The van der Waals surface area contributed by atoms with E-state index in [0.29, 0.717) is 5.69 Å². The van der Waals surface area contributed by atoms with Gasteiger partial charge in [0.25, 0.3) is 5.91 Å². The third-order valence-corrected chi connectivity index (χ3v) is 5.01. The smallest absolute Gasteiger partial charge is 0.272 e. The summed E-state index contributed by atoms with van der Waals surface area (Å²) in [6, 6.07) is -0.164. The number of thiazole rings is 1. The normalized spacial score (nSPS) is 16.4. The monoisotopic (exact) mass is 330 g/mol. The second kappa shape index (κ2) is 5.47. The summed E-state index contributed by atoms with van der Waals surface area (Å²) in [5.74, 6) is -0.151. The predicted octanol–water partition coefficient (Wildman–Crippen LogP) is 1.60. The van der Waals surface area contributed by atoms with Crippen molar-refractivity contribution in [3.05, 3.63) is 40.4 Å². The van der Waals surface area contributed by atoms with E-state index >= 15 is 0 Å². The Hall–Kier alpha value is -2.19. The molecular weight excluding hydrogens is 312 g/mol. The van der Waals surface area contributed by atoms with Crippen molar-refractivity contribution in [1.82, 2.24) is 29.8 Å². The minimum atomic E-state index is -0.164. The lowest BCUT2D eigenvalue weighted by atomic mass is 10.1. The summed E-state index contributed by atoms with van der Waals surface area (Å²) in [4.78, 5) is 20.2. The average molecular weight is 330 g/mol. The van der Waals surface area contributed by atoms with Crippen LogP contribution in [0.1, 0.15) is 40.4 Å². The van der Waals surface area contributed by atoms with Crippen molar-refractivity contribution in [2.24, 2.45) is 0 Å². The van der Waals surface area contributed by atoms with Crippen LogP contribution in [0.3, 0.4) is 0 Å². The van der Waals surface area contributed by atoms with Gasteiger partial charge in [0.15, 0.2) is 10.7 Å². The molecule has 7 nitrogen and oxygen atoms in total. The van der Waals surface area contributed by atoms with Crippen LogP contribution in [0.15, 0.2) is 17.8 Å². The van der Waals surface area contributed by atoms with Crippen LogP contribution in [0.25, 0.3) is 4.96 Å². The van der Waals surface area contributed by atoms with Gasteiger partial charge in [0.2, 0.25) is 0 Å². The molecule has 0 aromatic carbocycles. The highest BCUT2D eigenvalue weighted by Gasteiger charge is 2.25. The number of imidazole rings is 1. The summed E-state index contributed by atoms with van der Waals surface area (Å²) in [6.07, 6.45) is 4.81. The molecule has 0 aliphatic carbocycles. The number of hydrogen-bond acceptors (Lipinski definition) is 5. The van der Waals surface area contributed by atoms with Crippen LogP contribution in [0.5, 0.6) is 0 Å². The first kappa shape index (κ1) is 14.4. The van der Waals surface area contributed by atoms with Gasteiger partial charge in [0.05, 0.1) is 11.7 Å². The number of carbonyl (C=O) groups is 1. The lowest BCUT2D eigenvalue weighted by Crippen LogP contribution is -2.31. The number of carbonyl (C=O) groups excluding carboxylic acids is 1. The van der Waals surface area contributed by atoms with E-state index in [1.54, 1.807) is 11.3 Å². The lowest BCUT2D eigenvalue weighted by Gasteiger charge is -2.22. The number of likely N-dealkylation sites (N-methyl/N-ethyl adjacent to an activating group) is 1. The van der Waals surface area contributed by atoms with Gasteiger partial charge in [-0.15, -0.1) is 11.3 Å². The number of amides is 1. The number of nitrogens with zero attached hydrogens (tertiary/aromatic N) is 4. The van der Waals surface area contributed by atoms with Crippen molar-refractivity contribution < 1.29 is 4.79 Å². The highest BCUT2D eigenvalue weighted by atomic mass is 32.1. The summed E-state index contributed by atoms with van der Waals surface area (Å²) < 4.78 is 1.97. The highest BCUT2D eigenvalue weighted by molar-refractivity contribution is 7.15. The minimum Gasteiger partial charge on any atom is -0.342 e. The highest BCUT2D eigenvalue weighted by Crippen LogP contribution is 2.21. The van der Waals surface area contributed by atoms with Crippen molar-refractivity contribution >= 4 is 22.2 Å². The molecule has 3 aromatic rings. The number of hydrogen-bond donors (Lipinski definition) is 2. The predicted molar refractivity (Wildman–Crippen MR) is 87.6 cm³/mol. The maximum atomic E-state index is 12.6. The second-order valence-electron chi connectivity index (χ2n) is 5.97. The number of aromatic amines is 1. The molecule has 1 amide bonds. The van der Waals surface area contributed by atoms with Gasteiger partial charge in [0.1, 0.15) is 0 Å². The Balaban J connectivity index is 1.53. The zero-order chi connectivity index (χ0) is 16.0. The van der Waals surface area contributed by atoms with Gasteiger partial charge >= 0.3 is 0 Å². The first-order valence-corrected chi connectivity index (χ1v) is 8.47. The summed E-state index contributed by atoms with van der Waals surface area (Å²) in [7, 11) is 2.05. The first-order valence-electron chi connectivity index (χ1n) is 7.59. The van der Waals surface area contributed by atoms with Gasteiger partial charge in [-0.2, -0.15) is 5.10 Å². The van der Waals surface area contributed by atoms with Crippen LogP contribution in [0, 0.1) is 0 Å². The van der Waals surface area contributed by atoms with Gasteiger partial charge in [0, 0.05) is 48.5 Å². The number of nitrogens with one attached hydrogen (secondary N) is 2. The maximum absolute atomic E-state index is 12.6. The molecular formula is C15H18N6OS. The Morgan fingerprint density at radius 2 is 2.39 bits per heavy atom. The molecule has 0 fully saturated rings. The zero-order valence-corrected chi connectivity index (χ0v) is 13.9. The van der Waals surface area contributed by atoms with Crippen LogP contribution in [0.2, 0.25) is 0 Å². The Morgan fingerprint density at radius 3 is 3.22 bits per heavy atom. The van der Waals surface area contributed by atoms with E-state index in [4.69, 9.17) is 0 Å². The van der Waals surface area contributed by atoms with Crippen molar-refractivity contribution in [1.29, 1.82) is 0 Å². The third-order valence-electron chi connectivity index (χ3n) is 4.24. The second-order valence-corrected chi connectivity index (χ2v) is 6.84. The van der Waals surface area contributed by atoms with Crippen molar-refractivity contribution in [3.63, 3.8) is 0 Å². The van der Waals surface area contributed by atoms with Crippen LogP contribution in [-0.4, -0.2) is 44.0 Å².